The maximum atomic E-state index is 11.9. The Kier molecular flexibility index (Phi) is 3.84. The number of hydrogen-bond donors (Lipinski definition) is 0. The minimum absolute atomic E-state index is 0.0107. The molecule has 0 bridgehead atoms. The smallest absolute Gasteiger partial charge is 0.410 e. The van der Waals surface area contributed by atoms with Crippen LogP contribution >= 0.6 is 10.7 Å². The number of halogens is 1. The van der Waals surface area contributed by atoms with Gasteiger partial charge in [0.15, 0.2) is 0 Å². The Labute approximate surface area is 128 Å². The second-order valence-corrected chi connectivity index (χ2v) is 8.46. The molecule has 1 amide bonds. The van der Waals surface area contributed by atoms with Crippen LogP contribution in [0.25, 0.3) is 0 Å². The fraction of sp³-hybridized carbons (Fsp3) is 0.500. The van der Waals surface area contributed by atoms with Crippen molar-refractivity contribution in [1.82, 2.24) is 4.90 Å². The topological polar surface area (TPSA) is 63.7 Å². The van der Waals surface area contributed by atoms with Gasteiger partial charge in [-0.05, 0) is 23.3 Å². The van der Waals surface area contributed by atoms with Crippen LogP contribution in [0.1, 0.15) is 5.56 Å². The summed E-state index contributed by atoms with van der Waals surface area (Å²) in [6, 6.07) is 9.49. The average molecular weight is 330 g/mol. The Morgan fingerprint density at radius 3 is 2.43 bits per heavy atom. The number of ether oxygens (including phenoxy) is 1. The van der Waals surface area contributed by atoms with Gasteiger partial charge in [0.25, 0.3) is 0 Å². The van der Waals surface area contributed by atoms with Crippen molar-refractivity contribution in [1.29, 1.82) is 0 Å². The van der Waals surface area contributed by atoms with E-state index in [4.69, 9.17) is 15.4 Å². The van der Waals surface area contributed by atoms with Crippen molar-refractivity contribution in [3.8, 4) is 0 Å². The zero-order valence-electron chi connectivity index (χ0n) is 11.3. The molecule has 1 heterocycles. The number of nitrogens with zero attached hydrogens (tertiary/aromatic N) is 1. The summed E-state index contributed by atoms with van der Waals surface area (Å²) in [4.78, 5) is 13.6. The third kappa shape index (κ3) is 3.49. The van der Waals surface area contributed by atoms with Crippen LogP contribution in [0, 0.1) is 17.8 Å². The largest absolute Gasteiger partial charge is 0.445 e. The highest BCUT2D eigenvalue weighted by atomic mass is 35.7. The first kappa shape index (κ1) is 14.7. The first-order valence-corrected chi connectivity index (χ1v) is 9.30. The molecule has 5 nitrogen and oxygen atoms in total. The van der Waals surface area contributed by atoms with Crippen molar-refractivity contribution < 1.29 is 17.9 Å². The van der Waals surface area contributed by atoms with Gasteiger partial charge < -0.3 is 9.64 Å². The van der Waals surface area contributed by atoms with Crippen molar-refractivity contribution in [3.05, 3.63) is 35.9 Å². The molecule has 0 aromatic heterocycles. The zero-order chi connectivity index (χ0) is 15.0. The van der Waals surface area contributed by atoms with Crippen LogP contribution < -0.4 is 0 Å². The molecule has 21 heavy (non-hydrogen) atoms. The molecule has 1 aliphatic heterocycles. The fourth-order valence-electron chi connectivity index (χ4n) is 3.09. The summed E-state index contributed by atoms with van der Waals surface area (Å²) in [5, 5.41) is 0. The van der Waals surface area contributed by atoms with Crippen LogP contribution in [-0.2, 0) is 20.4 Å². The van der Waals surface area contributed by atoms with Gasteiger partial charge in [-0.25, -0.2) is 13.2 Å². The lowest BCUT2D eigenvalue weighted by atomic mass is 10.2. The number of fused-ring (bicyclic) bond motifs is 1. The van der Waals surface area contributed by atoms with Crippen LogP contribution in [0.2, 0.25) is 0 Å². The number of amides is 1. The zero-order valence-corrected chi connectivity index (χ0v) is 12.9. The molecule has 2 unspecified atom stereocenters. The van der Waals surface area contributed by atoms with Gasteiger partial charge in [0.1, 0.15) is 6.61 Å². The Morgan fingerprint density at radius 2 is 1.86 bits per heavy atom. The number of carbonyl (C=O) groups is 1. The van der Waals surface area contributed by atoms with Crippen LogP contribution in [0.4, 0.5) is 4.79 Å². The predicted octanol–water partition coefficient (Wildman–Crippen LogP) is 2.07. The second kappa shape index (κ2) is 5.50. The normalized spacial score (nSPS) is 27.3. The average Bonchev–Trinajstić information content (AvgIpc) is 2.88. The summed E-state index contributed by atoms with van der Waals surface area (Å²) >= 11 is 0. The molecule has 0 spiro atoms. The number of piperidine rings is 1. The van der Waals surface area contributed by atoms with E-state index in [2.05, 4.69) is 0 Å². The highest BCUT2D eigenvalue weighted by Crippen LogP contribution is 2.52. The molecule has 0 radical (unpaired) electrons. The first-order valence-electron chi connectivity index (χ1n) is 6.82. The molecule has 1 aromatic carbocycles. The third-order valence-electron chi connectivity index (χ3n) is 4.23. The SMILES string of the molecule is O=C(OCc1ccccc1)N1CC2C(C1)C2CS(=O)(=O)Cl. The predicted molar refractivity (Wildman–Crippen MR) is 78.3 cm³/mol. The highest BCUT2D eigenvalue weighted by Gasteiger charge is 2.57. The van der Waals surface area contributed by atoms with E-state index >= 15 is 0 Å². The summed E-state index contributed by atoms with van der Waals surface area (Å²) in [5.74, 6) is 0.618. The fourth-order valence-corrected chi connectivity index (χ4v) is 4.48. The summed E-state index contributed by atoms with van der Waals surface area (Å²) in [7, 11) is 1.81. The van der Waals surface area contributed by atoms with Crippen LogP contribution in [0.15, 0.2) is 30.3 Å². The molecule has 1 aliphatic carbocycles. The molecule has 3 rings (SSSR count). The minimum Gasteiger partial charge on any atom is -0.445 e. The minimum atomic E-state index is -3.45. The van der Waals surface area contributed by atoms with E-state index in [1.165, 1.54) is 0 Å². The van der Waals surface area contributed by atoms with E-state index in [1.54, 1.807) is 4.90 Å². The third-order valence-corrected chi connectivity index (χ3v) is 5.39. The Balaban J connectivity index is 1.45. The Bertz CT molecular complexity index is 622. The monoisotopic (exact) mass is 329 g/mol. The molecule has 1 saturated carbocycles. The van der Waals surface area contributed by atoms with Gasteiger partial charge in [0.2, 0.25) is 9.05 Å². The van der Waals surface area contributed by atoms with Crippen LogP contribution in [0.5, 0.6) is 0 Å². The lowest BCUT2D eigenvalue weighted by Crippen LogP contribution is -2.32. The Hall–Kier alpha value is -1.27. The molecule has 2 atom stereocenters. The van der Waals surface area contributed by atoms with E-state index in [1.807, 2.05) is 30.3 Å². The maximum Gasteiger partial charge on any atom is 0.410 e. The molecule has 1 aromatic rings. The molecule has 2 fully saturated rings. The molecule has 1 saturated heterocycles. The van der Waals surface area contributed by atoms with E-state index in [0.29, 0.717) is 13.1 Å². The second-order valence-electron chi connectivity index (χ2n) is 5.64. The molecule has 2 aliphatic rings. The quantitative estimate of drug-likeness (QED) is 0.793. The number of likely N-dealkylation sites (tertiary alicyclic amines) is 1. The summed E-state index contributed by atoms with van der Waals surface area (Å²) in [6.45, 7) is 1.38. The van der Waals surface area contributed by atoms with Gasteiger partial charge in [0.05, 0.1) is 5.75 Å². The lowest BCUT2D eigenvalue weighted by molar-refractivity contribution is 0.0991. The van der Waals surface area contributed by atoms with E-state index in [0.717, 1.165) is 5.56 Å². The number of rotatable bonds is 4. The van der Waals surface area contributed by atoms with Crippen molar-refractivity contribution >= 4 is 25.8 Å². The standard InChI is InChI=1S/C14H16ClNO4S/c15-21(18,19)9-13-11-6-16(7-12(11)13)14(17)20-8-10-4-2-1-3-5-10/h1-5,11-13H,6-9H2. The van der Waals surface area contributed by atoms with Gasteiger partial charge in [-0.15, -0.1) is 0 Å². The molecule has 114 valence electrons. The van der Waals surface area contributed by atoms with E-state index < -0.39 is 9.05 Å². The number of hydrogen-bond acceptors (Lipinski definition) is 4. The first-order chi connectivity index (χ1) is 9.94. The van der Waals surface area contributed by atoms with Crippen molar-refractivity contribution in [2.24, 2.45) is 17.8 Å². The van der Waals surface area contributed by atoms with Gasteiger partial charge >= 0.3 is 6.09 Å². The van der Waals surface area contributed by atoms with Crippen LogP contribution in [0.3, 0.4) is 0 Å². The highest BCUT2D eigenvalue weighted by molar-refractivity contribution is 8.13. The summed E-state index contributed by atoms with van der Waals surface area (Å²) in [5.41, 5.74) is 0.946. The van der Waals surface area contributed by atoms with Crippen molar-refractivity contribution in [2.75, 3.05) is 18.8 Å². The molecular formula is C14H16ClNO4S. The maximum absolute atomic E-state index is 11.9. The van der Waals surface area contributed by atoms with Gasteiger partial charge in [-0.2, -0.15) is 0 Å². The lowest BCUT2D eigenvalue weighted by Gasteiger charge is -2.19. The summed E-state index contributed by atoms with van der Waals surface area (Å²) < 4.78 is 27.4. The van der Waals surface area contributed by atoms with Crippen molar-refractivity contribution in [3.63, 3.8) is 0 Å². The van der Waals surface area contributed by atoms with E-state index in [9.17, 15) is 13.2 Å². The number of carbonyl (C=O) groups excluding carboxylic acids is 1. The molecular weight excluding hydrogens is 314 g/mol. The molecule has 7 heteroatoms. The Morgan fingerprint density at radius 1 is 1.24 bits per heavy atom. The molecule has 0 N–H and O–H groups in total. The van der Waals surface area contributed by atoms with E-state index in [-0.39, 0.29) is 36.2 Å². The van der Waals surface area contributed by atoms with Gasteiger partial charge in [-0.1, -0.05) is 30.3 Å². The van der Waals surface area contributed by atoms with Gasteiger partial charge in [0, 0.05) is 23.8 Å². The van der Waals surface area contributed by atoms with Gasteiger partial charge in [-0.3, -0.25) is 0 Å². The van der Waals surface area contributed by atoms with Crippen LogP contribution in [-0.4, -0.2) is 38.3 Å². The van der Waals surface area contributed by atoms with Crippen molar-refractivity contribution in [2.45, 2.75) is 6.61 Å². The number of benzene rings is 1. The summed E-state index contributed by atoms with van der Waals surface area (Å²) in [6.07, 6.45) is -0.335.